The van der Waals surface area contributed by atoms with Crippen LogP contribution in [0.5, 0.6) is 0 Å². The van der Waals surface area contributed by atoms with Crippen molar-refractivity contribution in [3.8, 4) is 0 Å². The monoisotopic (exact) mass is 442 g/mol. The van der Waals surface area contributed by atoms with Gasteiger partial charge in [0.1, 0.15) is 18.3 Å². The van der Waals surface area contributed by atoms with Crippen molar-refractivity contribution in [2.75, 3.05) is 0 Å². The third kappa shape index (κ3) is 4.01. The second-order valence-corrected chi connectivity index (χ2v) is 14.3. The Labute approximate surface area is 186 Å². The molecule has 1 N–H and O–H groups in total. The topological polar surface area (TPSA) is 57.2 Å². The van der Waals surface area contributed by atoms with E-state index in [2.05, 4.69) is 69.3 Å². The highest BCUT2D eigenvalue weighted by Gasteiger charge is 2.61. The Bertz CT molecular complexity index is 838. The molecule has 5 nitrogen and oxygen atoms in total. The van der Waals surface area contributed by atoms with Crippen LogP contribution in [0.1, 0.15) is 41.5 Å². The molecule has 5 atom stereocenters. The van der Waals surface area contributed by atoms with Gasteiger partial charge < -0.3 is 23.7 Å². The summed E-state index contributed by atoms with van der Waals surface area (Å²) in [6.45, 7) is 12.2. The highest BCUT2D eigenvalue weighted by Crippen LogP contribution is 2.44. The summed E-state index contributed by atoms with van der Waals surface area (Å²) >= 11 is 0. The number of ether oxygens (including phenoxy) is 3. The molecule has 31 heavy (non-hydrogen) atoms. The van der Waals surface area contributed by atoms with Gasteiger partial charge in [-0.2, -0.15) is 0 Å². The van der Waals surface area contributed by atoms with Gasteiger partial charge in [0.25, 0.3) is 8.32 Å². The first kappa shape index (κ1) is 22.6. The first-order valence-corrected chi connectivity index (χ1v) is 12.9. The molecule has 2 aliphatic heterocycles. The van der Waals surface area contributed by atoms with Crippen LogP contribution >= 0.6 is 0 Å². The highest BCUT2D eigenvalue weighted by molar-refractivity contribution is 6.99. The van der Waals surface area contributed by atoms with Crippen LogP contribution in [-0.4, -0.2) is 49.9 Å². The maximum Gasteiger partial charge on any atom is 0.264 e. The third-order valence-corrected chi connectivity index (χ3v) is 11.2. The number of aliphatic hydroxyl groups is 1. The molecule has 2 aliphatic rings. The Morgan fingerprint density at radius 2 is 1.39 bits per heavy atom. The molecule has 0 radical (unpaired) electrons. The van der Waals surface area contributed by atoms with Crippen LogP contribution < -0.4 is 10.4 Å². The van der Waals surface area contributed by atoms with Crippen LogP contribution in [-0.2, 0) is 18.6 Å². The maximum absolute atomic E-state index is 10.4. The van der Waals surface area contributed by atoms with E-state index >= 15 is 0 Å². The standard InChI is InChI=1S/C25H34O5Si/c1-17(26)20-21-22(29-25(5,6)28-21)23(27-20)30-31(24(2,3)4,18-13-9-7-10-14-18)19-15-11-8-12-16-19/h7-17,20-23,26H,1-6H3/t17-,20-,21+,22+,23-/m0/s1. The van der Waals surface area contributed by atoms with Crippen molar-refractivity contribution < 1.29 is 23.7 Å². The molecule has 0 aliphatic carbocycles. The Morgan fingerprint density at radius 3 is 1.84 bits per heavy atom. The van der Waals surface area contributed by atoms with Crippen LogP contribution in [0.2, 0.25) is 5.04 Å². The molecule has 0 unspecified atom stereocenters. The molecule has 6 heteroatoms. The van der Waals surface area contributed by atoms with Crippen molar-refractivity contribution in [2.45, 2.75) is 83.1 Å². The van der Waals surface area contributed by atoms with Crippen molar-refractivity contribution in [1.82, 2.24) is 0 Å². The minimum absolute atomic E-state index is 0.188. The lowest BCUT2D eigenvalue weighted by Crippen LogP contribution is -2.68. The van der Waals surface area contributed by atoms with Crippen LogP contribution in [0.15, 0.2) is 60.7 Å². The van der Waals surface area contributed by atoms with E-state index in [0.717, 1.165) is 0 Å². The van der Waals surface area contributed by atoms with E-state index in [-0.39, 0.29) is 11.1 Å². The van der Waals surface area contributed by atoms with Crippen molar-refractivity contribution in [1.29, 1.82) is 0 Å². The Morgan fingerprint density at radius 1 is 0.903 bits per heavy atom. The third-order valence-electron chi connectivity index (χ3n) is 6.23. The number of aliphatic hydroxyl groups excluding tert-OH is 1. The number of rotatable bonds is 5. The average molecular weight is 443 g/mol. The molecule has 2 fully saturated rings. The fourth-order valence-corrected chi connectivity index (χ4v) is 9.49. The predicted octanol–water partition coefficient (Wildman–Crippen LogP) is 3.19. The number of hydrogen-bond acceptors (Lipinski definition) is 5. The fraction of sp³-hybridized carbons (Fsp3) is 0.520. The van der Waals surface area contributed by atoms with Crippen LogP contribution in [0.3, 0.4) is 0 Å². The summed E-state index contributed by atoms with van der Waals surface area (Å²) in [5.41, 5.74) is 0. The highest BCUT2D eigenvalue weighted by atomic mass is 28.4. The van der Waals surface area contributed by atoms with Gasteiger partial charge in [-0.15, -0.1) is 0 Å². The molecule has 2 heterocycles. The zero-order valence-corrected chi connectivity index (χ0v) is 20.2. The Kier molecular flexibility index (Phi) is 5.92. The molecule has 2 aromatic rings. The fourth-order valence-electron chi connectivity index (χ4n) is 4.94. The van der Waals surface area contributed by atoms with Crippen molar-refractivity contribution in [2.24, 2.45) is 0 Å². The van der Waals surface area contributed by atoms with Gasteiger partial charge in [-0.25, -0.2) is 0 Å². The number of fused-ring (bicyclic) bond motifs is 1. The Balaban J connectivity index is 1.82. The van der Waals surface area contributed by atoms with Crippen LogP contribution in [0, 0.1) is 0 Å². The molecular formula is C25H34O5Si. The average Bonchev–Trinajstić information content (AvgIpc) is 3.19. The molecule has 4 rings (SSSR count). The lowest BCUT2D eigenvalue weighted by atomic mass is 10.1. The van der Waals surface area contributed by atoms with E-state index < -0.39 is 38.7 Å². The van der Waals surface area contributed by atoms with Gasteiger partial charge >= 0.3 is 0 Å². The summed E-state index contributed by atoms with van der Waals surface area (Å²) in [5.74, 6) is -0.751. The van der Waals surface area contributed by atoms with Gasteiger partial charge in [0.15, 0.2) is 12.1 Å². The maximum atomic E-state index is 10.4. The summed E-state index contributed by atoms with van der Waals surface area (Å²) < 4.78 is 25.8. The SMILES string of the molecule is C[C@H](O)[C@@H]1O[C@@H](O[Si](c2ccccc2)(c2ccccc2)C(C)(C)C)[C@@H]2OC(C)(C)O[C@H]12. The Hall–Kier alpha value is -1.54. The molecule has 2 saturated heterocycles. The molecule has 168 valence electrons. The minimum atomic E-state index is -2.83. The minimum Gasteiger partial charge on any atom is -0.391 e. The molecule has 0 saturated carbocycles. The van der Waals surface area contributed by atoms with Gasteiger partial charge in [-0.3, -0.25) is 0 Å². The summed E-state index contributed by atoms with van der Waals surface area (Å²) in [6, 6.07) is 20.9. The molecular weight excluding hydrogens is 408 g/mol. The molecule has 0 aromatic heterocycles. The largest absolute Gasteiger partial charge is 0.391 e. The first-order chi connectivity index (χ1) is 14.6. The lowest BCUT2D eigenvalue weighted by Gasteiger charge is -2.45. The number of benzene rings is 2. The molecule has 0 bridgehead atoms. The predicted molar refractivity (Wildman–Crippen MR) is 123 cm³/mol. The van der Waals surface area contributed by atoms with Crippen molar-refractivity contribution >= 4 is 18.7 Å². The zero-order valence-electron chi connectivity index (χ0n) is 19.2. The first-order valence-electron chi connectivity index (χ1n) is 11.0. The van der Waals surface area contributed by atoms with Crippen LogP contribution in [0.25, 0.3) is 0 Å². The van der Waals surface area contributed by atoms with E-state index in [1.54, 1.807) is 6.92 Å². The van der Waals surface area contributed by atoms with E-state index in [4.69, 9.17) is 18.6 Å². The van der Waals surface area contributed by atoms with Crippen LogP contribution in [0.4, 0.5) is 0 Å². The normalized spacial score (nSPS) is 29.0. The van der Waals surface area contributed by atoms with E-state index in [1.807, 2.05) is 26.0 Å². The van der Waals surface area contributed by atoms with Gasteiger partial charge in [0.2, 0.25) is 0 Å². The molecule has 0 amide bonds. The lowest BCUT2D eigenvalue weighted by molar-refractivity contribution is -0.224. The van der Waals surface area contributed by atoms with Gasteiger partial charge in [0.05, 0.1) is 6.10 Å². The summed E-state index contributed by atoms with van der Waals surface area (Å²) in [6.07, 6.45) is -2.63. The van der Waals surface area contributed by atoms with E-state index in [1.165, 1.54) is 10.4 Å². The van der Waals surface area contributed by atoms with E-state index in [9.17, 15) is 5.11 Å². The van der Waals surface area contributed by atoms with Gasteiger partial charge in [-0.05, 0) is 36.2 Å². The zero-order chi connectivity index (χ0) is 22.4. The van der Waals surface area contributed by atoms with Crippen molar-refractivity contribution in [3.63, 3.8) is 0 Å². The number of hydrogen-bond donors (Lipinski definition) is 1. The molecule has 0 spiro atoms. The van der Waals surface area contributed by atoms with E-state index in [0.29, 0.717) is 0 Å². The summed E-state index contributed by atoms with van der Waals surface area (Å²) in [7, 11) is -2.83. The quantitative estimate of drug-likeness (QED) is 0.721. The van der Waals surface area contributed by atoms with Gasteiger partial charge in [-0.1, -0.05) is 81.4 Å². The summed E-state index contributed by atoms with van der Waals surface area (Å²) in [4.78, 5) is 0. The second kappa shape index (κ2) is 8.10. The van der Waals surface area contributed by atoms with Gasteiger partial charge in [0, 0.05) is 0 Å². The smallest absolute Gasteiger partial charge is 0.264 e. The summed E-state index contributed by atoms with van der Waals surface area (Å²) in [5, 5.41) is 12.5. The van der Waals surface area contributed by atoms with Crippen molar-refractivity contribution in [3.05, 3.63) is 60.7 Å². The molecule has 2 aromatic carbocycles. The second-order valence-electron chi connectivity index (χ2n) is 10.1.